The van der Waals surface area contributed by atoms with Crippen molar-refractivity contribution in [1.29, 1.82) is 0 Å². The maximum absolute atomic E-state index is 6.04. The Morgan fingerprint density at radius 2 is 1.85 bits per heavy atom. The molecule has 0 bridgehead atoms. The molecule has 0 radical (unpaired) electrons. The molecule has 0 amide bonds. The van der Waals surface area contributed by atoms with Gasteiger partial charge in [0.25, 0.3) is 0 Å². The lowest BCUT2D eigenvalue weighted by atomic mass is 9.92. The van der Waals surface area contributed by atoms with Crippen LogP contribution in [0.4, 0.5) is 0 Å². The van der Waals surface area contributed by atoms with Crippen LogP contribution < -0.4 is 5.73 Å². The molecule has 2 rings (SSSR count). The molecule has 2 N–H and O–H groups in total. The smallest absolute Gasteiger partial charge is 0.0473 e. The highest BCUT2D eigenvalue weighted by molar-refractivity contribution is 5.32. The molecule has 1 unspecified atom stereocenters. The average Bonchev–Trinajstić information content (AvgIpc) is 2.50. The maximum Gasteiger partial charge on any atom is 0.0473 e. The average molecular weight is 274 g/mol. The standard InChI is InChI=1S/C18H30N2/c1-2-3-4-5-6-9-13-20-14-12-16-10-7-8-11-17(16)18(20)15-19/h7-8,10-11,18H,2-6,9,12-15,19H2,1H3. The van der Waals surface area contributed by atoms with Gasteiger partial charge in [-0.15, -0.1) is 0 Å². The number of nitrogens with zero attached hydrogens (tertiary/aromatic N) is 1. The Bertz CT molecular complexity index is 389. The number of fused-ring (bicyclic) bond motifs is 1. The van der Waals surface area contributed by atoms with Crippen molar-refractivity contribution in [2.45, 2.75) is 57.9 Å². The van der Waals surface area contributed by atoms with E-state index in [1.807, 2.05) is 0 Å². The molecule has 1 heterocycles. The van der Waals surface area contributed by atoms with Crippen LogP contribution in [0.1, 0.15) is 62.6 Å². The molecule has 0 saturated heterocycles. The summed E-state index contributed by atoms with van der Waals surface area (Å²) in [6, 6.07) is 9.27. The van der Waals surface area contributed by atoms with Crippen LogP contribution in [0, 0.1) is 0 Å². The van der Waals surface area contributed by atoms with Gasteiger partial charge in [0.1, 0.15) is 0 Å². The lowest BCUT2D eigenvalue weighted by molar-refractivity contribution is 0.185. The van der Waals surface area contributed by atoms with Gasteiger partial charge >= 0.3 is 0 Å². The van der Waals surface area contributed by atoms with E-state index in [1.54, 1.807) is 0 Å². The van der Waals surface area contributed by atoms with Gasteiger partial charge in [0, 0.05) is 19.1 Å². The summed E-state index contributed by atoms with van der Waals surface area (Å²) in [5.74, 6) is 0. The number of rotatable bonds is 8. The van der Waals surface area contributed by atoms with Crippen LogP contribution >= 0.6 is 0 Å². The highest BCUT2D eigenvalue weighted by atomic mass is 15.2. The van der Waals surface area contributed by atoms with Gasteiger partial charge in [-0.1, -0.05) is 63.3 Å². The predicted molar refractivity (Wildman–Crippen MR) is 86.9 cm³/mol. The third kappa shape index (κ3) is 4.07. The summed E-state index contributed by atoms with van der Waals surface area (Å²) < 4.78 is 0. The lowest BCUT2D eigenvalue weighted by Gasteiger charge is -2.36. The molecule has 1 atom stereocenters. The Labute approximate surface area is 124 Å². The monoisotopic (exact) mass is 274 g/mol. The van der Waals surface area contributed by atoms with Crippen molar-refractivity contribution in [2.24, 2.45) is 5.73 Å². The van der Waals surface area contributed by atoms with E-state index in [-0.39, 0.29) is 0 Å². The molecule has 2 nitrogen and oxygen atoms in total. The van der Waals surface area contributed by atoms with Crippen LogP contribution in [-0.2, 0) is 6.42 Å². The molecule has 20 heavy (non-hydrogen) atoms. The molecule has 1 aliphatic rings. The molecule has 0 aliphatic carbocycles. The number of unbranched alkanes of at least 4 members (excludes halogenated alkanes) is 5. The van der Waals surface area contributed by atoms with Crippen LogP contribution in [0.5, 0.6) is 0 Å². The van der Waals surface area contributed by atoms with Gasteiger partial charge in [-0.2, -0.15) is 0 Å². The maximum atomic E-state index is 6.04. The van der Waals surface area contributed by atoms with E-state index in [0.717, 1.165) is 6.54 Å². The van der Waals surface area contributed by atoms with E-state index in [9.17, 15) is 0 Å². The van der Waals surface area contributed by atoms with E-state index in [1.165, 1.54) is 69.2 Å². The lowest BCUT2D eigenvalue weighted by Crippen LogP contribution is -2.39. The minimum Gasteiger partial charge on any atom is -0.329 e. The molecule has 2 heteroatoms. The summed E-state index contributed by atoms with van der Waals surface area (Å²) in [6.07, 6.45) is 9.40. The second-order valence-electron chi connectivity index (χ2n) is 6.00. The van der Waals surface area contributed by atoms with Crippen molar-refractivity contribution in [2.75, 3.05) is 19.6 Å². The van der Waals surface area contributed by atoms with Gasteiger partial charge < -0.3 is 5.73 Å². The SMILES string of the molecule is CCCCCCCCN1CCc2ccccc2C1CN. The van der Waals surface area contributed by atoms with Crippen molar-refractivity contribution in [1.82, 2.24) is 4.90 Å². The van der Waals surface area contributed by atoms with E-state index in [2.05, 4.69) is 36.1 Å². The minimum absolute atomic E-state index is 0.440. The van der Waals surface area contributed by atoms with Gasteiger partial charge in [-0.3, -0.25) is 4.90 Å². The van der Waals surface area contributed by atoms with Crippen LogP contribution in [0.2, 0.25) is 0 Å². The van der Waals surface area contributed by atoms with Crippen LogP contribution in [-0.4, -0.2) is 24.5 Å². The van der Waals surface area contributed by atoms with Crippen LogP contribution in [0.3, 0.4) is 0 Å². The summed E-state index contributed by atoms with van der Waals surface area (Å²) in [4.78, 5) is 2.60. The first-order chi connectivity index (χ1) is 9.86. The Kier molecular flexibility index (Phi) is 6.55. The Balaban J connectivity index is 1.81. The topological polar surface area (TPSA) is 29.3 Å². The largest absolute Gasteiger partial charge is 0.329 e. The van der Waals surface area contributed by atoms with Crippen molar-refractivity contribution < 1.29 is 0 Å². The summed E-state index contributed by atoms with van der Waals surface area (Å²) in [6.45, 7) is 5.40. The van der Waals surface area contributed by atoms with Gasteiger partial charge in [0.05, 0.1) is 0 Å². The van der Waals surface area contributed by atoms with E-state index >= 15 is 0 Å². The van der Waals surface area contributed by atoms with E-state index < -0.39 is 0 Å². The van der Waals surface area contributed by atoms with E-state index in [0.29, 0.717) is 6.04 Å². The first kappa shape index (κ1) is 15.5. The van der Waals surface area contributed by atoms with Crippen molar-refractivity contribution in [3.05, 3.63) is 35.4 Å². The molecule has 112 valence electrons. The normalized spacial score (nSPS) is 19.0. The molecule has 0 fully saturated rings. The zero-order valence-corrected chi connectivity index (χ0v) is 13.0. The molecular weight excluding hydrogens is 244 g/mol. The third-order valence-corrected chi connectivity index (χ3v) is 4.55. The van der Waals surface area contributed by atoms with Gasteiger partial charge in [0.15, 0.2) is 0 Å². The molecule has 1 aromatic rings. The fourth-order valence-electron chi connectivity index (χ4n) is 3.34. The number of benzene rings is 1. The molecule has 0 aromatic heterocycles. The number of hydrogen-bond donors (Lipinski definition) is 1. The second kappa shape index (κ2) is 8.43. The van der Waals surface area contributed by atoms with Crippen molar-refractivity contribution in [3.8, 4) is 0 Å². The first-order valence-electron chi connectivity index (χ1n) is 8.38. The Morgan fingerprint density at radius 1 is 1.10 bits per heavy atom. The summed E-state index contributed by atoms with van der Waals surface area (Å²) in [5, 5.41) is 0. The predicted octanol–water partition coefficient (Wildman–Crippen LogP) is 3.91. The number of hydrogen-bond acceptors (Lipinski definition) is 2. The summed E-state index contributed by atoms with van der Waals surface area (Å²) >= 11 is 0. The van der Waals surface area contributed by atoms with Gasteiger partial charge in [-0.05, 0) is 30.5 Å². The van der Waals surface area contributed by atoms with E-state index in [4.69, 9.17) is 5.73 Å². The number of nitrogens with two attached hydrogens (primary N) is 1. The van der Waals surface area contributed by atoms with Crippen molar-refractivity contribution in [3.63, 3.8) is 0 Å². The molecule has 1 aliphatic heterocycles. The molecular formula is C18H30N2. The second-order valence-corrected chi connectivity index (χ2v) is 6.00. The quantitative estimate of drug-likeness (QED) is 0.728. The molecule has 0 saturated carbocycles. The fraction of sp³-hybridized carbons (Fsp3) is 0.667. The fourth-order valence-corrected chi connectivity index (χ4v) is 3.34. The summed E-state index contributed by atoms with van der Waals surface area (Å²) in [5.41, 5.74) is 9.00. The van der Waals surface area contributed by atoms with Crippen LogP contribution in [0.15, 0.2) is 24.3 Å². The minimum atomic E-state index is 0.440. The zero-order valence-electron chi connectivity index (χ0n) is 13.0. The first-order valence-corrected chi connectivity index (χ1v) is 8.38. The highest BCUT2D eigenvalue weighted by Crippen LogP contribution is 2.29. The highest BCUT2D eigenvalue weighted by Gasteiger charge is 2.25. The van der Waals surface area contributed by atoms with Gasteiger partial charge in [-0.25, -0.2) is 0 Å². The third-order valence-electron chi connectivity index (χ3n) is 4.55. The molecule has 1 aromatic carbocycles. The van der Waals surface area contributed by atoms with Gasteiger partial charge in [0.2, 0.25) is 0 Å². The molecule has 0 spiro atoms. The zero-order chi connectivity index (χ0) is 14.2. The van der Waals surface area contributed by atoms with Crippen molar-refractivity contribution >= 4 is 0 Å². The Hall–Kier alpha value is -0.860. The Morgan fingerprint density at radius 3 is 2.65 bits per heavy atom. The van der Waals surface area contributed by atoms with Crippen LogP contribution in [0.25, 0.3) is 0 Å². The summed E-state index contributed by atoms with van der Waals surface area (Å²) in [7, 11) is 0.